The van der Waals surface area contributed by atoms with Crippen molar-refractivity contribution in [2.75, 3.05) is 10.5 Å². The topological polar surface area (TPSA) is 85.1 Å². The highest BCUT2D eigenvalue weighted by Crippen LogP contribution is 2.21. The van der Waals surface area contributed by atoms with Crippen molar-refractivity contribution in [3.05, 3.63) is 47.1 Å². The third-order valence-corrected chi connectivity index (χ3v) is 4.09. The summed E-state index contributed by atoms with van der Waals surface area (Å²) >= 11 is 3.27. The fraction of sp³-hybridized carbons (Fsp3) is 0. The van der Waals surface area contributed by atoms with Gasteiger partial charge in [-0.2, -0.15) is 0 Å². The van der Waals surface area contributed by atoms with Gasteiger partial charge < -0.3 is 5.73 Å². The standard InChI is InChI=1S/C11H10BrN3O2S/c12-8-3-1-4-9(7-8)15-18(16,17)10-5-2-6-14-11(10)13/h1-7,15H,(H2,13,14). The lowest BCUT2D eigenvalue weighted by atomic mass is 10.3. The summed E-state index contributed by atoms with van der Waals surface area (Å²) in [6, 6.07) is 9.76. The molecule has 0 atom stereocenters. The molecule has 2 rings (SSSR count). The molecule has 94 valence electrons. The molecule has 0 saturated heterocycles. The third kappa shape index (κ3) is 2.80. The van der Waals surface area contributed by atoms with Gasteiger partial charge in [0.05, 0.1) is 0 Å². The van der Waals surface area contributed by atoms with Crippen molar-refractivity contribution in [2.24, 2.45) is 0 Å². The Balaban J connectivity index is 2.37. The number of nitrogen functional groups attached to an aromatic ring is 1. The molecule has 1 aromatic carbocycles. The lowest BCUT2D eigenvalue weighted by Gasteiger charge is -2.09. The third-order valence-electron chi connectivity index (χ3n) is 2.17. The number of halogens is 1. The molecule has 1 heterocycles. The van der Waals surface area contributed by atoms with Gasteiger partial charge in [-0.25, -0.2) is 13.4 Å². The number of benzene rings is 1. The van der Waals surface area contributed by atoms with Gasteiger partial charge in [-0.05, 0) is 30.3 Å². The summed E-state index contributed by atoms with van der Waals surface area (Å²) < 4.78 is 27.4. The fourth-order valence-electron chi connectivity index (χ4n) is 1.39. The number of aromatic nitrogens is 1. The van der Waals surface area contributed by atoms with E-state index in [2.05, 4.69) is 25.6 Å². The molecule has 0 spiro atoms. The first-order valence-corrected chi connectivity index (χ1v) is 7.25. The second-order valence-electron chi connectivity index (χ2n) is 3.50. The zero-order valence-corrected chi connectivity index (χ0v) is 11.6. The summed E-state index contributed by atoms with van der Waals surface area (Å²) in [5.41, 5.74) is 6.00. The molecule has 1 aromatic heterocycles. The monoisotopic (exact) mass is 327 g/mol. The fourth-order valence-corrected chi connectivity index (χ4v) is 2.92. The molecule has 5 nitrogen and oxygen atoms in total. The molecule has 7 heteroatoms. The van der Waals surface area contributed by atoms with Crippen LogP contribution in [0, 0.1) is 0 Å². The number of nitrogens with one attached hydrogen (secondary N) is 1. The lowest BCUT2D eigenvalue weighted by molar-refractivity contribution is 0.601. The van der Waals surface area contributed by atoms with Crippen LogP contribution in [0.3, 0.4) is 0 Å². The first kappa shape index (κ1) is 12.8. The van der Waals surface area contributed by atoms with Gasteiger partial charge >= 0.3 is 0 Å². The van der Waals surface area contributed by atoms with Crippen molar-refractivity contribution in [1.29, 1.82) is 0 Å². The number of hydrogen-bond acceptors (Lipinski definition) is 4. The SMILES string of the molecule is Nc1ncccc1S(=O)(=O)Nc1cccc(Br)c1. The molecule has 0 unspecified atom stereocenters. The van der Waals surface area contributed by atoms with E-state index < -0.39 is 10.0 Å². The predicted octanol–water partition coefficient (Wildman–Crippen LogP) is 2.23. The number of nitrogens with two attached hydrogens (primary N) is 1. The number of hydrogen-bond donors (Lipinski definition) is 2. The van der Waals surface area contributed by atoms with E-state index in [-0.39, 0.29) is 10.7 Å². The first-order chi connectivity index (χ1) is 8.49. The second-order valence-corrected chi connectivity index (χ2v) is 6.07. The van der Waals surface area contributed by atoms with Gasteiger partial charge in [-0.1, -0.05) is 22.0 Å². The van der Waals surface area contributed by atoms with Crippen LogP contribution < -0.4 is 10.5 Å². The summed E-state index contributed by atoms with van der Waals surface area (Å²) in [5, 5.41) is 0. The van der Waals surface area contributed by atoms with E-state index in [1.165, 1.54) is 18.3 Å². The van der Waals surface area contributed by atoms with Crippen LogP contribution in [0.25, 0.3) is 0 Å². The molecule has 0 aliphatic rings. The number of anilines is 2. The van der Waals surface area contributed by atoms with E-state index in [4.69, 9.17) is 5.73 Å². The Morgan fingerprint density at radius 3 is 2.67 bits per heavy atom. The van der Waals surface area contributed by atoms with Crippen LogP contribution in [0.5, 0.6) is 0 Å². The van der Waals surface area contributed by atoms with Crippen molar-refractivity contribution in [3.8, 4) is 0 Å². The molecule has 2 aromatic rings. The van der Waals surface area contributed by atoms with Gasteiger partial charge in [0, 0.05) is 16.4 Å². The van der Waals surface area contributed by atoms with E-state index in [0.29, 0.717) is 5.69 Å². The Morgan fingerprint density at radius 2 is 2.00 bits per heavy atom. The summed E-state index contributed by atoms with van der Waals surface area (Å²) in [6.45, 7) is 0. The van der Waals surface area contributed by atoms with Crippen LogP contribution in [0.4, 0.5) is 11.5 Å². The molecule has 0 radical (unpaired) electrons. The first-order valence-electron chi connectivity index (χ1n) is 4.98. The summed E-state index contributed by atoms with van der Waals surface area (Å²) in [7, 11) is -3.72. The van der Waals surface area contributed by atoms with Gasteiger partial charge in [-0.15, -0.1) is 0 Å². The highest BCUT2D eigenvalue weighted by atomic mass is 79.9. The molecule has 3 N–H and O–H groups in total. The number of pyridine rings is 1. The quantitative estimate of drug-likeness (QED) is 0.905. The zero-order valence-electron chi connectivity index (χ0n) is 9.17. The van der Waals surface area contributed by atoms with E-state index in [9.17, 15) is 8.42 Å². The second kappa shape index (κ2) is 4.95. The van der Waals surface area contributed by atoms with Crippen LogP contribution in [0.2, 0.25) is 0 Å². The minimum absolute atomic E-state index is 0.0278. The van der Waals surface area contributed by atoms with Gasteiger partial charge in [0.1, 0.15) is 10.7 Å². The Bertz CT molecular complexity index is 673. The van der Waals surface area contributed by atoms with Crippen LogP contribution in [0.1, 0.15) is 0 Å². The molecular weight excluding hydrogens is 318 g/mol. The number of sulfonamides is 1. The van der Waals surface area contributed by atoms with Gasteiger partial charge in [0.15, 0.2) is 0 Å². The molecule has 0 fully saturated rings. The molecule has 0 bridgehead atoms. The lowest BCUT2D eigenvalue weighted by Crippen LogP contribution is -2.15. The molecular formula is C11H10BrN3O2S. The average Bonchev–Trinajstić information content (AvgIpc) is 2.28. The maximum atomic E-state index is 12.1. The van der Waals surface area contributed by atoms with Crippen molar-refractivity contribution in [3.63, 3.8) is 0 Å². The van der Waals surface area contributed by atoms with Crippen molar-refractivity contribution >= 4 is 37.5 Å². The summed E-state index contributed by atoms with van der Waals surface area (Å²) in [4.78, 5) is 3.72. The normalized spacial score (nSPS) is 11.2. The van der Waals surface area contributed by atoms with Crippen molar-refractivity contribution in [1.82, 2.24) is 4.98 Å². The Morgan fingerprint density at radius 1 is 1.22 bits per heavy atom. The van der Waals surface area contributed by atoms with Gasteiger partial charge in [-0.3, -0.25) is 4.72 Å². The average molecular weight is 328 g/mol. The van der Waals surface area contributed by atoms with Crippen molar-refractivity contribution < 1.29 is 8.42 Å². The largest absolute Gasteiger partial charge is 0.383 e. The summed E-state index contributed by atoms with van der Waals surface area (Å²) in [5.74, 6) is -0.0278. The predicted molar refractivity (Wildman–Crippen MR) is 73.6 cm³/mol. The van der Waals surface area contributed by atoms with Crippen LogP contribution in [-0.2, 0) is 10.0 Å². The van der Waals surface area contributed by atoms with Crippen LogP contribution in [0.15, 0.2) is 52.0 Å². The van der Waals surface area contributed by atoms with E-state index in [1.54, 1.807) is 24.3 Å². The molecule has 0 saturated carbocycles. The molecule has 0 amide bonds. The Hall–Kier alpha value is -1.60. The maximum absolute atomic E-state index is 12.1. The van der Waals surface area contributed by atoms with E-state index in [1.807, 2.05) is 0 Å². The highest BCUT2D eigenvalue weighted by molar-refractivity contribution is 9.10. The summed E-state index contributed by atoms with van der Waals surface area (Å²) in [6.07, 6.45) is 1.44. The van der Waals surface area contributed by atoms with Crippen LogP contribution >= 0.6 is 15.9 Å². The highest BCUT2D eigenvalue weighted by Gasteiger charge is 2.17. The molecule has 18 heavy (non-hydrogen) atoms. The van der Waals surface area contributed by atoms with Crippen LogP contribution in [-0.4, -0.2) is 13.4 Å². The van der Waals surface area contributed by atoms with E-state index >= 15 is 0 Å². The van der Waals surface area contributed by atoms with Gasteiger partial charge in [0.25, 0.3) is 10.0 Å². The zero-order chi connectivity index (χ0) is 13.2. The Labute approximate surface area is 113 Å². The van der Waals surface area contributed by atoms with Gasteiger partial charge in [0.2, 0.25) is 0 Å². The number of rotatable bonds is 3. The molecule has 0 aliphatic carbocycles. The van der Waals surface area contributed by atoms with E-state index in [0.717, 1.165) is 4.47 Å². The van der Waals surface area contributed by atoms with Crippen molar-refractivity contribution in [2.45, 2.75) is 4.90 Å². The Kier molecular flexibility index (Phi) is 3.53. The minimum Gasteiger partial charge on any atom is -0.383 e. The maximum Gasteiger partial charge on any atom is 0.265 e. The smallest absolute Gasteiger partial charge is 0.265 e. The minimum atomic E-state index is -3.72. The molecule has 0 aliphatic heterocycles. The number of nitrogens with zero attached hydrogens (tertiary/aromatic N) is 1.